The van der Waals surface area contributed by atoms with E-state index >= 15 is 0 Å². The van der Waals surface area contributed by atoms with E-state index in [4.69, 9.17) is 4.33 Å². The van der Waals surface area contributed by atoms with E-state index in [0.717, 1.165) is 40.4 Å². The molecule has 1 amide bonds. The van der Waals surface area contributed by atoms with Crippen LogP contribution in [0.1, 0.15) is 11.1 Å². The van der Waals surface area contributed by atoms with Crippen molar-refractivity contribution in [2.24, 2.45) is 0 Å². The average Bonchev–Trinajstić information content (AvgIpc) is 2.74. The summed E-state index contributed by atoms with van der Waals surface area (Å²) < 4.78 is 56.7. The quantitative estimate of drug-likeness (QED) is 0.201. The number of nitrogens with zero attached hydrogens (tertiary/aromatic N) is 1. The maximum Gasteiger partial charge on any atom is 0.471 e. The van der Waals surface area contributed by atoms with Gasteiger partial charge in [-0.3, -0.25) is 4.79 Å². The van der Waals surface area contributed by atoms with Gasteiger partial charge in [-0.2, -0.15) is 17.5 Å². The topological polar surface area (TPSA) is 60.5 Å². The molecule has 0 unspecified atom stereocenters. The summed E-state index contributed by atoms with van der Waals surface area (Å²) in [6.45, 7) is 3.67. The minimum Gasteiger partial charge on any atom is -0.318 e. The van der Waals surface area contributed by atoms with E-state index in [1.54, 1.807) is 30.6 Å². The number of benzene rings is 2. The SMILES string of the molecule is COOSc1ccc(-c2cc(C)c(-c3ccc(NC(=O)C(F)(F)F)cc3F)cc2C)cn1. The van der Waals surface area contributed by atoms with Crippen LogP contribution in [-0.2, 0) is 14.0 Å². The Balaban J connectivity index is 1.88. The summed E-state index contributed by atoms with van der Waals surface area (Å²) in [6.07, 6.45) is -3.37. The average molecular weight is 466 g/mol. The van der Waals surface area contributed by atoms with Crippen LogP contribution in [0.2, 0.25) is 0 Å². The molecule has 0 bridgehead atoms. The van der Waals surface area contributed by atoms with Crippen molar-refractivity contribution in [2.75, 3.05) is 12.4 Å². The van der Waals surface area contributed by atoms with Gasteiger partial charge in [-0.25, -0.2) is 14.3 Å². The molecule has 1 heterocycles. The molecule has 1 N–H and O–H groups in total. The van der Waals surface area contributed by atoms with Crippen LogP contribution in [0.5, 0.6) is 0 Å². The first-order chi connectivity index (χ1) is 15.1. The molecule has 1 aromatic heterocycles. The van der Waals surface area contributed by atoms with E-state index in [0.29, 0.717) is 10.6 Å². The highest BCUT2D eigenvalue weighted by molar-refractivity contribution is 7.94. The van der Waals surface area contributed by atoms with Gasteiger partial charge in [0.2, 0.25) is 0 Å². The molecule has 0 aliphatic rings. The number of aryl methyl sites for hydroxylation is 2. The molecule has 3 rings (SSSR count). The molecule has 10 heteroatoms. The van der Waals surface area contributed by atoms with Crippen LogP contribution in [0.25, 0.3) is 22.3 Å². The molecule has 2 aromatic carbocycles. The number of amides is 1. The van der Waals surface area contributed by atoms with E-state index in [9.17, 15) is 22.4 Å². The maximum absolute atomic E-state index is 14.7. The molecule has 0 aliphatic carbocycles. The lowest BCUT2D eigenvalue weighted by Gasteiger charge is -2.14. The van der Waals surface area contributed by atoms with Gasteiger partial charge in [0.05, 0.1) is 19.2 Å². The Labute approximate surface area is 185 Å². The van der Waals surface area contributed by atoms with Gasteiger partial charge in [0, 0.05) is 23.0 Å². The van der Waals surface area contributed by atoms with Crippen molar-refractivity contribution in [1.82, 2.24) is 4.98 Å². The third-order valence-corrected chi connectivity index (χ3v) is 5.20. The van der Waals surface area contributed by atoms with Crippen LogP contribution in [0.15, 0.2) is 53.7 Å². The number of aromatic nitrogens is 1. The summed E-state index contributed by atoms with van der Waals surface area (Å²) in [5, 5.41) is 2.26. The van der Waals surface area contributed by atoms with Crippen molar-refractivity contribution < 1.29 is 31.6 Å². The summed E-state index contributed by atoms with van der Waals surface area (Å²) in [7, 11) is 1.39. The van der Waals surface area contributed by atoms with Gasteiger partial charge >= 0.3 is 12.1 Å². The Morgan fingerprint density at radius 2 is 1.69 bits per heavy atom. The number of rotatable bonds is 6. The van der Waals surface area contributed by atoms with Gasteiger partial charge < -0.3 is 5.32 Å². The highest BCUT2D eigenvalue weighted by Crippen LogP contribution is 2.34. The number of carbonyl (C=O) groups is 1. The first kappa shape index (κ1) is 23.7. The largest absolute Gasteiger partial charge is 0.471 e. The minimum absolute atomic E-state index is 0.212. The summed E-state index contributed by atoms with van der Waals surface area (Å²) in [4.78, 5) is 19.9. The van der Waals surface area contributed by atoms with Crippen LogP contribution in [0.3, 0.4) is 0 Å². The van der Waals surface area contributed by atoms with Crippen LogP contribution >= 0.6 is 12.0 Å². The number of hydrogen-bond acceptors (Lipinski definition) is 5. The van der Waals surface area contributed by atoms with Gasteiger partial charge in [-0.05, 0) is 60.4 Å². The highest BCUT2D eigenvalue weighted by atomic mass is 32.2. The van der Waals surface area contributed by atoms with E-state index in [-0.39, 0.29) is 11.3 Å². The Kier molecular flexibility index (Phi) is 7.17. The second-order valence-electron chi connectivity index (χ2n) is 6.83. The lowest BCUT2D eigenvalue weighted by Crippen LogP contribution is -2.29. The monoisotopic (exact) mass is 466 g/mol. The predicted molar refractivity (Wildman–Crippen MR) is 113 cm³/mol. The zero-order chi connectivity index (χ0) is 23.5. The second-order valence-corrected chi connectivity index (χ2v) is 7.55. The van der Waals surface area contributed by atoms with Crippen molar-refractivity contribution >= 4 is 23.6 Å². The van der Waals surface area contributed by atoms with Gasteiger partial charge in [-0.1, -0.05) is 18.2 Å². The van der Waals surface area contributed by atoms with Crippen molar-refractivity contribution in [3.63, 3.8) is 0 Å². The number of pyridine rings is 1. The van der Waals surface area contributed by atoms with Crippen molar-refractivity contribution in [1.29, 1.82) is 0 Å². The summed E-state index contributed by atoms with van der Waals surface area (Å²) in [6, 6.07) is 10.8. The van der Waals surface area contributed by atoms with Crippen molar-refractivity contribution in [3.8, 4) is 22.3 Å². The number of hydrogen-bond donors (Lipinski definition) is 1. The molecule has 3 aromatic rings. The first-order valence-corrected chi connectivity index (χ1v) is 9.97. The van der Waals surface area contributed by atoms with Gasteiger partial charge in [-0.15, -0.1) is 0 Å². The van der Waals surface area contributed by atoms with Crippen molar-refractivity contribution in [3.05, 3.63) is 65.6 Å². The highest BCUT2D eigenvalue weighted by Gasteiger charge is 2.38. The first-order valence-electron chi connectivity index (χ1n) is 9.23. The normalized spacial score (nSPS) is 11.5. The Hall–Kier alpha value is -2.95. The molecule has 0 fully saturated rings. The molecular weight excluding hydrogens is 448 g/mol. The third kappa shape index (κ3) is 5.45. The second kappa shape index (κ2) is 9.68. The number of carbonyl (C=O) groups excluding carboxylic acids is 1. The fraction of sp³-hybridized carbons (Fsp3) is 0.182. The smallest absolute Gasteiger partial charge is 0.318 e. The predicted octanol–water partition coefficient (Wildman–Crippen LogP) is 6.26. The lowest BCUT2D eigenvalue weighted by atomic mass is 9.92. The Morgan fingerprint density at radius 1 is 1.00 bits per heavy atom. The minimum atomic E-state index is -5.05. The van der Waals surface area contributed by atoms with E-state index in [1.165, 1.54) is 19.2 Å². The molecule has 0 spiro atoms. The summed E-state index contributed by atoms with van der Waals surface area (Å²) >= 11 is 0.975. The number of halogens is 4. The van der Waals surface area contributed by atoms with Gasteiger partial charge in [0.25, 0.3) is 0 Å². The number of alkyl halides is 3. The van der Waals surface area contributed by atoms with Crippen LogP contribution < -0.4 is 5.32 Å². The van der Waals surface area contributed by atoms with Crippen LogP contribution in [0, 0.1) is 19.7 Å². The molecule has 32 heavy (non-hydrogen) atoms. The fourth-order valence-corrected chi connectivity index (χ4v) is 3.45. The third-order valence-electron chi connectivity index (χ3n) is 4.58. The summed E-state index contributed by atoms with van der Waals surface area (Å²) in [5.41, 5.74) is 3.89. The Bertz CT molecular complexity index is 1140. The number of anilines is 1. The molecule has 5 nitrogen and oxygen atoms in total. The fourth-order valence-electron chi connectivity index (χ4n) is 3.09. The standard InChI is InChI=1S/C22H18F4N2O3S/c1-12-9-18(16-6-5-15(10-19(16)23)28-21(29)22(24,25)26)13(2)8-17(12)14-4-7-20(27-11-14)32-31-30-3/h4-11H,1-3H3,(H,28,29). The molecule has 0 atom stereocenters. The molecule has 168 valence electrons. The van der Waals surface area contributed by atoms with E-state index in [1.807, 2.05) is 19.1 Å². The zero-order valence-corrected chi connectivity index (χ0v) is 18.0. The maximum atomic E-state index is 14.7. The molecule has 0 aliphatic heterocycles. The summed E-state index contributed by atoms with van der Waals surface area (Å²) in [5.74, 6) is -2.91. The molecule has 0 radical (unpaired) electrons. The van der Waals surface area contributed by atoms with Gasteiger partial charge in [0.15, 0.2) is 0 Å². The molecule has 0 saturated heterocycles. The van der Waals surface area contributed by atoms with E-state index < -0.39 is 17.9 Å². The zero-order valence-electron chi connectivity index (χ0n) is 17.2. The molecule has 0 saturated carbocycles. The van der Waals surface area contributed by atoms with Gasteiger partial charge in [0.1, 0.15) is 10.8 Å². The molecular formula is C22H18F4N2O3S. The van der Waals surface area contributed by atoms with Crippen LogP contribution in [0.4, 0.5) is 23.2 Å². The van der Waals surface area contributed by atoms with Crippen molar-refractivity contribution in [2.45, 2.75) is 25.0 Å². The Morgan fingerprint density at radius 3 is 2.28 bits per heavy atom. The lowest BCUT2D eigenvalue weighted by molar-refractivity contribution is -0.167. The van der Waals surface area contributed by atoms with Crippen LogP contribution in [-0.4, -0.2) is 24.2 Å². The van der Waals surface area contributed by atoms with E-state index in [2.05, 4.69) is 9.87 Å². The number of nitrogens with one attached hydrogen (secondary N) is 1.